The third-order valence-electron chi connectivity index (χ3n) is 6.16. The van der Waals surface area contributed by atoms with E-state index < -0.39 is 16.9 Å². The van der Waals surface area contributed by atoms with Crippen LogP contribution in [0.4, 0.5) is 17.6 Å². The third-order valence-corrected chi connectivity index (χ3v) is 7.72. The Kier molecular flexibility index (Phi) is 6.24. The minimum Gasteiger partial charge on any atom is -0.364 e. The predicted molar refractivity (Wildman–Crippen MR) is 121 cm³/mol. The molecule has 2 fully saturated rings. The first-order valence-corrected chi connectivity index (χ1v) is 12.0. The maximum atomic E-state index is 12.6. The summed E-state index contributed by atoms with van der Waals surface area (Å²) < 4.78 is 14.8. The number of primary amides is 1. The predicted octanol–water partition coefficient (Wildman–Crippen LogP) is 1.86. The number of aromatic amines is 1. The van der Waals surface area contributed by atoms with Gasteiger partial charge in [0, 0.05) is 48.8 Å². The monoisotopic (exact) mass is 446 g/mol. The van der Waals surface area contributed by atoms with Crippen LogP contribution in [-0.4, -0.2) is 65.5 Å². The van der Waals surface area contributed by atoms with Gasteiger partial charge < -0.3 is 16.0 Å². The number of nitrogens with two attached hydrogens (primary N) is 1. The fourth-order valence-electron chi connectivity index (χ4n) is 4.67. The number of amides is 1. The molecule has 2 aliphatic heterocycles. The van der Waals surface area contributed by atoms with Crippen LogP contribution < -0.4 is 16.0 Å². The van der Waals surface area contributed by atoms with E-state index in [1.807, 2.05) is 31.9 Å². The molecule has 1 amide bonds. The Labute approximate surface area is 184 Å². The van der Waals surface area contributed by atoms with Crippen molar-refractivity contribution >= 4 is 34.5 Å². The van der Waals surface area contributed by atoms with Crippen LogP contribution in [0.25, 0.3) is 0 Å². The normalized spacial score (nSPS) is 24.5. The Balaban J connectivity index is 1.58. The number of piperidine rings is 2. The molecule has 0 spiro atoms. The largest absolute Gasteiger partial charge is 0.364 e. The molecule has 0 radical (unpaired) electrons. The van der Waals surface area contributed by atoms with Crippen LogP contribution >= 0.6 is 0 Å². The number of carbonyl (C=O) groups is 1. The Morgan fingerprint density at radius 3 is 2.58 bits per heavy atom. The molecule has 0 aliphatic carbocycles. The summed E-state index contributed by atoms with van der Waals surface area (Å²) in [7, 11) is 1.03. The summed E-state index contributed by atoms with van der Waals surface area (Å²) >= 11 is 0. The van der Waals surface area contributed by atoms with Crippen LogP contribution in [0.3, 0.4) is 0 Å². The standard InChI is InChI=1S/C20H30N8O2S/c1-4-31(30)28-13-6-5-7-14(28)10-15(9-13)27(3)20-22-16(19(21)29)11-17(24-20)23-18-8-12(2)25-26-18/h8,11,13-15H,4-7,9-10H2,1-3H3,(H2,21,29)(H2,22,23,24,25,26)/t13-,14+,15?,31?. The van der Waals surface area contributed by atoms with Crippen LogP contribution in [0.2, 0.25) is 0 Å². The molecule has 0 aromatic carbocycles. The van der Waals surface area contributed by atoms with Gasteiger partial charge in [0.1, 0.15) is 11.5 Å². The second kappa shape index (κ2) is 8.91. The molecule has 2 bridgehead atoms. The summed E-state index contributed by atoms with van der Waals surface area (Å²) in [4.78, 5) is 23.0. The Morgan fingerprint density at radius 2 is 2.00 bits per heavy atom. The molecule has 2 aromatic heterocycles. The molecule has 10 nitrogen and oxygen atoms in total. The summed E-state index contributed by atoms with van der Waals surface area (Å²) in [6, 6.07) is 4.17. The number of anilines is 3. The van der Waals surface area contributed by atoms with Gasteiger partial charge in [-0.1, -0.05) is 13.3 Å². The highest BCUT2D eigenvalue weighted by Gasteiger charge is 2.42. The topological polar surface area (TPSA) is 133 Å². The van der Waals surface area contributed by atoms with E-state index in [-0.39, 0.29) is 11.7 Å². The molecule has 2 saturated heterocycles. The summed E-state index contributed by atoms with van der Waals surface area (Å²) in [6.45, 7) is 3.88. The van der Waals surface area contributed by atoms with E-state index in [9.17, 15) is 9.00 Å². The van der Waals surface area contributed by atoms with Gasteiger partial charge in [0.25, 0.3) is 5.91 Å². The van der Waals surface area contributed by atoms with Crippen LogP contribution in [0, 0.1) is 6.92 Å². The van der Waals surface area contributed by atoms with Gasteiger partial charge >= 0.3 is 0 Å². The zero-order valence-corrected chi connectivity index (χ0v) is 19.0. The molecular weight excluding hydrogens is 416 g/mol. The second-order valence-corrected chi connectivity index (χ2v) is 9.95. The lowest BCUT2D eigenvalue weighted by molar-refractivity contribution is 0.0994. The molecule has 4 atom stereocenters. The highest BCUT2D eigenvalue weighted by molar-refractivity contribution is 7.82. The van der Waals surface area contributed by atoms with Crippen molar-refractivity contribution in [1.29, 1.82) is 0 Å². The molecule has 0 saturated carbocycles. The van der Waals surface area contributed by atoms with Gasteiger partial charge in [-0.25, -0.2) is 13.5 Å². The molecule has 4 rings (SSSR count). The number of aryl methyl sites for hydroxylation is 1. The van der Waals surface area contributed by atoms with E-state index in [0.717, 1.165) is 31.4 Å². The highest BCUT2D eigenvalue weighted by atomic mass is 32.2. The highest BCUT2D eigenvalue weighted by Crippen LogP contribution is 2.37. The summed E-state index contributed by atoms with van der Waals surface area (Å²) in [5.41, 5.74) is 6.59. The molecular formula is C20H30N8O2S. The van der Waals surface area contributed by atoms with E-state index in [2.05, 4.69) is 29.8 Å². The first-order chi connectivity index (χ1) is 14.9. The first kappa shape index (κ1) is 21.7. The number of aromatic nitrogens is 4. The van der Waals surface area contributed by atoms with Crippen LogP contribution in [0.1, 0.15) is 55.2 Å². The minimum atomic E-state index is -0.927. The van der Waals surface area contributed by atoms with Crippen molar-refractivity contribution in [1.82, 2.24) is 24.5 Å². The van der Waals surface area contributed by atoms with Crippen LogP contribution in [0.15, 0.2) is 12.1 Å². The van der Waals surface area contributed by atoms with Crippen molar-refractivity contribution in [2.75, 3.05) is 23.0 Å². The zero-order chi connectivity index (χ0) is 22.1. The quantitative estimate of drug-likeness (QED) is 0.591. The van der Waals surface area contributed by atoms with Gasteiger partial charge in [0.15, 0.2) is 5.82 Å². The summed E-state index contributed by atoms with van der Waals surface area (Å²) in [6.07, 6.45) is 5.07. The number of rotatable bonds is 7. The second-order valence-electron chi connectivity index (χ2n) is 8.31. The van der Waals surface area contributed by atoms with Crippen LogP contribution in [-0.2, 0) is 11.0 Å². The molecule has 168 valence electrons. The molecule has 31 heavy (non-hydrogen) atoms. The van der Waals surface area contributed by atoms with Crippen molar-refractivity contribution in [3.05, 3.63) is 23.5 Å². The molecule has 4 N–H and O–H groups in total. The SMILES string of the molecule is CCS(=O)N1[C@@H]2CCC[C@H]1CC(N(C)c1nc(Nc3cc(C)[nH]n3)cc(C(N)=O)n1)C2. The molecule has 2 unspecified atom stereocenters. The molecule has 4 heterocycles. The average Bonchev–Trinajstić information content (AvgIpc) is 3.15. The van der Waals surface area contributed by atoms with Crippen molar-refractivity contribution < 1.29 is 9.00 Å². The van der Waals surface area contributed by atoms with Gasteiger partial charge in [-0.3, -0.25) is 9.89 Å². The number of hydrogen-bond donors (Lipinski definition) is 3. The van der Waals surface area contributed by atoms with Gasteiger partial charge in [-0.15, -0.1) is 0 Å². The van der Waals surface area contributed by atoms with Gasteiger partial charge in [0.2, 0.25) is 5.95 Å². The number of fused-ring (bicyclic) bond motifs is 2. The number of carbonyl (C=O) groups excluding carboxylic acids is 1. The van der Waals surface area contributed by atoms with E-state index >= 15 is 0 Å². The fourth-order valence-corrected chi connectivity index (χ4v) is 6.01. The summed E-state index contributed by atoms with van der Waals surface area (Å²) in [5, 5.41) is 10.1. The van der Waals surface area contributed by atoms with Gasteiger partial charge in [0.05, 0.1) is 11.0 Å². The zero-order valence-electron chi connectivity index (χ0n) is 18.2. The van der Waals surface area contributed by atoms with E-state index in [4.69, 9.17) is 5.73 Å². The number of nitrogens with zero attached hydrogens (tertiary/aromatic N) is 5. The third kappa shape index (κ3) is 4.57. The lowest BCUT2D eigenvalue weighted by Crippen LogP contribution is -2.57. The Morgan fingerprint density at radius 1 is 1.29 bits per heavy atom. The van der Waals surface area contributed by atoms with Gasteiger partial charge in [-0.2, -0.15) is 10.1 Å². The average molecular weight is 447 g/mol. The number of H-pyrrole nitrogens is 1. The maximum Gasteiger partial charge on any atom is 0.267 e. The van der Waals surface area contributed by atoms with E-state index in [1.165, 1.54) is 12.5 Å². The number of hydrogen-bond acceptors (Lipinski definition) is 7. The smallest absolute Gasteiger partial charge is 0.267 e. The first-order valence-electron chi connectivity index (χ1n) is 10.7. The Bertz CT molecular complexity index is 966. The minimum absolute atomic E-state index is 0.149. The Hall–Kier alpha value is -2.53. The maximum absolute atomic E-state index is 12.6. The van der Waals surface area contributed by atoms with Crippen molar-refractivity contribution in [2.45, 2.75) is 64.1 Å². The molecule has 2 aliphatic rings. The van der Waals surface area contributed by atoms with Crippen molar-refractivity contribution in [3.63, 3.8) is 0 Å². The molecule has 11 heteroatoms. The lowest BCUT2D eigenvalue weighted by atomic mass is 9.83. The van der Waals surface area contributed by atoms with E-state index in [0.29, 0.717) is 35.4 Å². The fraction of sp³-hybridized carbons (Fsp3) is 0.600. The molecule has 2 aromatic rings. The van der Waals surface area contributed by atoms with Gasteiger partial charge in [-0.05, 0) is 32.6 Å². The van der Waals surface area contributed by atoms with Crippen LogP contribution in [0.5, 0.6) is 0 Å². The van der Waals surface area contributed by atoms with Crippen molar-refractivity contribution in [3.8, 4) is 0 Å². The summed E-state index contributed by atoms with van der Waals surface area (Å²) in [5.74, 6) is 1.55. The van der Waals surface area contributed by atoms with E-state index in [1.54, 1.807) is 0 Å². The number of nitrogens with one attached hydrogen (secondary N) is 2. The lowest BCUT2D eigenvalue weighted by Gasteiger charge is -2.49. The van der Waals surface area contributed by atoms with Crippen molar-refractivity contribution in [2.24, 2.45) is 5.73 Å².